The molecule has 100 valence electrons. The van der Waals surface area contributed by atoms with Crippen LogP contribution in [0.3, 0.4) is 0 Å². The Labute approximate surface area is 114 Å². The molecule has 2 nitrogen and oxygen atoms in total. The molecule has 3 heteroatoms. The van der Waals surface area contributed by atoms with Gasteiger partial charge in [-0.15, -0.1) is 0 Å². The molecule has 2 atom stereocenters. The summed E-state index contributed by atoms with van der Waals surface area (Å²) in [5, 5.41) is 0.765. The molecule has 0 spiro atoms. The van der Waals surface area contributed by atoms with Crippen LogP contribution in [0.1, 0.15) is 43.7 Å². The molecule has 0 bridgehead atoms. The monoisotopic (exact) mass is 267 g/mol. The predicted molar refractivity (Wildman–Crippen MR) is 75.6 cm³/mol. The number of nitrogens with two attached hydrogens (primary N) is 1. The number of hydrogen-bond acceptors (Lipinski definition) is 2. The van der Waals surface area contributed by atoms with Crippen LogP contribution in [0.5, 0.6) is 0 Å². The highest BCUT2D eigenvalue weighted by atomic mass is 35.5. The Morgan fingerprint density at radius 3 is 2.78 bits per heavy atom. The molecule has 0 saturated heterocycles. The van der Waals surface area contributed by atoms with Crippen LogP contribution in [-0.4, -0.2) is 6.10 Å². The lowest BCUT2D eigenvalue weighted by Gasteiger charge is -2.28. The fraction of sp³-hybridized carbons (Fsp3) is 0.600. The summed E-state index contributed by atoms with van der Waals surface area (Å²) in [6.07, 6.45) is 5.48. The van der Waals surface area contributed by atoms with Crippen LogP contribution in [0, 0.1) is 5.92 Å². The second-order valence-corrected chi connectivity index (χ2v) is 5.65. The van der Waals surface area contributed by atoms with E-state index in [2.05, 4.69) is 6.92 Å². The molecule has 0 aromatic heterocycles. The van der Waals surface area contributed by atoms with Gasteiger partial charge in [0.2, 0.25) is 0 Å². The first-order valence-electron chi connectivity index (χ1n) is 6.79. The van der Waals surface area contributed by atoms with E-state index in [9.17, 15) is 0 Å². The highest BCUT2D eigenvalue weighted by Gasteiger charge is 2.21. The third-order valence-corrected chi connectivity index (χ3v) is 4.19. The van der Waals surface area contributed by atoms with Crippen LogP contribution in [0.4, 0.5) is 0 Å². The number of halogens is 1. The Bertz CT molecular complexity index is 394. The van der Waals surface area contributed by atoms with Gasteiger partial charge >= 0.3 is 0 Å². The quantitative estimate of drug-likeness (QED) is 0.898. The maximum absolute atomic E-state index is 6.23. The molecule has 2 rings (SSSR count). The summed E-state index contributed by atoms with van der Waals surface area (Å²) in [7, 11) is 0. The molecule has 1 aliphatic carbocycles. The van der Waals surface area contributed by atoms with Gasteiger partial charge in [-0.3, -0.25) is 0 Å². The maximum atomic E-state index is 6.23. The highest BCUT2D eigenvalue weighted by molar-refractivity contribution is 6.31. The van der Waals surface area contributed by atoms with Gasteiger partial charge in [0.05, 0.1) is 12.7 Å². The Morgan fingerprint density at radius 2 is 2.11 bits per heavy atom. The fourth-order valence-corrected chi connectivity index (χ4v) is 2.82. The highest BCUT2D eigenvalue weighted by Crippen LogP contribution is 2.28. The normalized spacial score (nSPS) is 24.2. The molecule has 1 fully saturated rings. The van der Waals surface area contributed by atoms with E-state index in [-0.39, 0.29) is 0 Å². The summed E-state index contributed by atoms with van der Waals surface area (Å²) in [5.41, 5.74) is 7.71. The van der Waals surface area contributed by atoms with Crippen LogP contribution in [0.2, 0.25) is 5.02 Å². The van der Waals surface area contributed by atoms with Crippen molar-refractivity contribution in [1.29, 1.82) is 0 Å². The van der Waals surface area contributed by atoms with Gasteiger partial charge in [0.1, 0.15) is 0 Å². The zero-order valence-corrected chi connectivity index (χ0v) is 11.7. The first kappa shape index (κ1) is 13.9. The van der Waals surface area contributed by atoms with Gasteiger partial charge in [0.25, 0.3) is 0 Å². The van der Waals surface area contributed by atoms with Crippen molar-refractivity contribution in [3.8, 4) is 0 Å². The fourth-order valence-electron chi connectivity index (χ4n) is 2.56. The second kappa shape index (κ2) is 6.55. The first-order valence-corrected chi connectivity index (χ1v) is 7.17. The molecule has 0 heterocycles. The van der Waals surface area contributed by atoms with Crippen LogP contribution in [-0.2, 0) is 17.9 Å². The zero-order valence-electron chi connectivity index (χ0n) is 11.0. The zero-order chi connectivity index (χ0) is 13.0. The van der Waals surface area contributed by atoms with Gasteiger partial charge in [0, 0.05) is 11.6 Å². The lowest BCUT2D eigenvalue weighted by atomic mass is 9.88. The molecule has 18 heavy (non-hydrogen) atoms. The molecule has 0 aliphatic heterocycles. The second-order valence-electron chi connectivity index (χ2n) is 5.24. The van der Waals surface area contributed by atoms with Crippen LogP contribution in [0.25, 0.3) is 0 Å². The average molecular weight is 268 g/mol. The van der Waals surface area contributed by atoms with E-state index in [4.69, 9.17) is 22.1 Å². The molecule has 0 amide bonds. The third-order valence-electron chi connectivity index (χ3n) is 3.84. The summed E-state index contributed by atoms with van der Waals surface area (Å²) in [6, 6.07) is 5.98. The van der Waals surface area contributed by atoms with E-state index in [0.29, 0.717) is 25.2 Å². The van der Waals surface area contributed by atoms with Gasteiger partial charge in [-0.1, -0.05) is 43.5 Å². The molecular formula is C15H22ClNO. The van der Waals surface area contributed by atoms with Crippen molar-refractivity contribution < 1.29 is 4.74 Å². The molecule has 1 saturated carbocycles. The Balaban J connectivity index is 1.93. The molecular weight excluding hydrogens is 246 g/mol. The molecule has 2 N–H and O–H groups in total. The average Bonchev–Trinajstić information content (AvgIpc) is 2.39. The number of rotatable bonds is 4. The van der Waals surface area contributed by atoms with Gasteiger partial charge in [-0.05, 0) is 36.0 Å². The van der Waals surface area contributed by atoms with Crippen LogP contribution < -0.4 is 5.73 Å². The summed E-state index contributed by atoms with van der Waals surface area (Å²) in [4.78, 5) is 0. The largest absolute Gasteiger partial charge is 0.373 e. The topological polar surface area (TPSA) is 35.2 Å². The van der Waals surface area contributed by atoms with Gasteiger partial charge in [0.15, 0.2) is 0 Å². The van der Waals surface area contributed by atoms with Crippen molar-refractivity contribution in [3.63, 3.8) is 0 Å². The van der Waals surface area contributed by atoms with E-state index < -0.39 is 0 Å². The van der Waals surface area contributed by atoms with Crippen molar-refractivity contribution >= 4 is 11.6 Å². The minimum atomic E-state index is 0.393. The maximum Gasteiger partial charge on any atom is 0.0735 e. The Kier molecular flexibility index (Phi) is 5.04. The number of hydrogen-bond donors (Lipinski definition) is 1. The smallest absolute Gasteiger partial charge is 0.0735 e. The Hall–Kier alpha value is -0.570. The van der Waals surface area contributed by atoms with Crippen molar-refractivity contribution in [2.45, 2.75) is 51.9 Å². The number of ether oxygens (including phenoxy) is 1. The Morgan fingerprint density at radius 1 is 1.33 bits per heavy atom. The standard InChI is InChI=1S/C15H22ClNO/c1-11-4-2-3-5-15(11)18-10-13-7-6-12(9-17)8-14(13)16/h6-8,11,15H,2-5,9-10,17H2,1H3. The molecule has 1 aliphatic rings. The molecule has 1 aromatic rings. The third kappa shape index (κ3) is 3.47. The summed E-state index contributed by atoms with van der Waals surface area (Å²) in [5.74, 6) is 0.667. The lowest BCUT2D eigenvalue weighted by Crippen LogP contribution is -2.25. The van der Waals surface area contributed by atoms with E-state index >= 15 is 0 Å². The van der Waals surface area contributed by atoms with Gasteiger partial charge in [-0.2, -0.15) is 0 Å². The minimum Gasteiger partial charge on any atom is -0.373 e. The summed E-state index contributed by atoms with van der Waals surface area (Å²) < 4.78 is 6.02. The van der Waals surface area contributed by atoms with E-state index in [0.717, 1.165) is 16.1 Å². The SMILES string of the molecule is CC1CCCCC1OCc1ccc(CN)cc1Cl. The van der Waals surface area contributed by atoms with E-state index in [1.165, 1.54) is 25.7 Å². The minimum absolute atomic E-state index is 0.393. The van der Waals surface area contributed by atoms with Gasteiger partial charge < -0.3 is 10.5 Å². The molecule has 0 radical (unpaired) electrons. The lowest BCUT2D eigenvalue weighted by molar-refractivity contribution is -0.0154. The van der Waals surface area contributed by atoms with Gasteiger partial charge in [-0.25, -0.2) is 0 Å². The van der Waals surface area contributed by atoms with Crippen molar-refractivity contribution in [2.75, 3.05) is 0 Å². The van der Waals surface area contributed by atoms with Crippen LogP contribution in [0.15, 0.2) is 18.2 Å². The predicted octanol–water partition coefficient (Wildman–Crippen LogP) is 3.89. The first-order chi connectivity index (χ1) is 8.70. The molecule has 2 unspecified atom stereocenters. The van der Waals surface area contributed by atoms with Crippen molar-refractivity contribution in [3.05, 3.63) is 34.3 Å². The van der Waals surface area contributed by atoms with Crippen molar-refractivity contribution in [2.24, 2.45) is 11.7 Å². The van der Waals surface area contributed by atoms with E-state index in [1.54, 1.807) is 0 Å². The summed E-state index contributed by atoms with van der Waals surface area (Å²) in [6.45, 7) is 3.42. The van der Waals surface area contributed by atoms with E-state index in [1.807, 2.05) is 18.2 Å². The molecule has 1 aromatic carbocycles. The van der Waals surface area contributed by atoms with Crippen molar-refractivity contribution in [1.82, 2.24) is 0 Å². The summed E-state index contributed by atoms with van der Waals surface area (Å²) >= 11 is 6.23. The van der Waals surface area contributed by atoms with Crippen LogP contribution >= 0.6 is 11.6 Å². The number of benzene rings is 1.